The summed E-state index contributed by atoms with van der Waals surface area (Å²) in [6.45, 7) is 11.8. The van der Waals surface area contributed by atoms with Gasteiger partial charge in [0, 0.05) is 53.2 Å². The van der Waals surface area contributed by atoms with Gasteiger partial charge in [-0.2, -0.15) is 13.0 Å². The molecule has 2 N–H and O–H groups in total. The summed E-state index contributed by atoms with van der Waals surface area (Å²) in [5, 5.41) is 10.00. The fourth-order valence-corrected chi connectivity index (χ4v) is 8.33. The van der Waals surface area contributed by atoms with Crippen LogP contribution in [0.15, 0.2) is 66.4 Å². The maximum absolute atomic E-state index is 13.5. The zero-order valence-electron chi connectivity index (χ0n) is 35.8. The van der Waals surface area contributed by atoms with E-state index in [-0.39, 0.29) is 63.3 Å². The number of esters is 2. The van der Waals surface area contributed by atoms with Gasteiger partial charge in [0.2, 0.25) is 5.69 Å². The van der Waals surface area contributed by atoms with Crippen molar-refractivity contribution in [2.45, 2.75) is 85.5 Å². The van der Waals surface area contributed by atoms with Gasteiger partial charge < -0.3 is 24.0 Å². The number of carboxylic acid groups (broad SMARTS) is 1. The molecule has 0 aromatic heterocycles. The van der Waals surface area contributed by atoms with Gasteiger partial charge in [-0.25, -0.2) is 22.8 Å². The number of fused-ring (bicyclic) bond motifs is 2. The summed E-state index contributed by atoms with van der Waals surface area (Å²) in [6, 6.07) is 7.96. The molecule has 360 valence electrons. The van der Waals surface area contributed by atoms with Crippen molar-refractivity contribution in [1.29, 1.82) is 0 Å². The molecule has 0 aliphatic carbocycles. The van der Waals surface area contributed by atoms with Crippen LogP contribution in [0.3, 0.4) is 0 Å². The first-order chi connectivity index (χ1) is 29.6. The first-order valence-corrected chi connectivity index (χ1v) is 24.6. The minimum atomic E-state index is -4.54. The molecule has 2 aromatic rings. The highest BCUT2D eigenvalue weighted by Gasteiger charge is 2.47. The van der Waals surface area contributed by atoms with E-state index in [4.69, 9.17) is 34.7 Å². The summed E-state index contributed by atoms with van der Waals surface area (Å²) >= 11 is 0. The summed E-state index contributed by atoms with van der Waals surface area (Å²) in [5.41, 5.74) is 2.24. The molecular weight excluding hydrogens is 937 g/mol. The second kappa shape index (κ2) is 24.8. The van der Waals surface area contributed by atoms with Gasteiger partial charge in [0.25, 0.3) is 10.1 Å². The molecule has 0 unspecified atom stereocenters. The summed E-state index contributed by atoms with van der Waals surface area (Å²) < 4.78 is 131. The summed E-state index contributed by atoms with van der Waals surface area (Å²) in [7, 11) is -15.0. The third-order valence-electron chi connectivity index (χ3n) is 9.70. The van der Waals surface area contributed by atoms with Gasteiger partial charge >= 0.3 is 39.1 Å². The largest absolute Gasteiger partial charge is 0.748 e. The Kier molecular flexibility index (Phi) is 22.0. The lowest BCUT2D eigenvalue weighted by Crippen LogP contribution is -2.29. The van der Waals surface area contributed by atoms with Crippen LogP contribution < -0.4 is 4.90 Å². The Morgan fingerprint density at radius 3 is 1.89 bits per heavy atom. The number of hydrogen-bond donors (Lipinski definition) is 2. The second-order valence-electron chi connectivity index (χ2n) is 15.1. The zero-order valence-corrected chi connectivity index (χ0v) is 39.1. The predicted octanol–water partition coefficient (Wildman–Crippen LogP) is 4.53. The van der Waals surface area contributed by atoms with Crippen LogP contribution >= 0.6 is 0 Å². The van der Waals surface area contributed by atoms with Crippen LogP contribution in [0.25, 0.3) is 0 Å². The molecule has 2 aliphatic heterocycles. The molecule has 0 saturated carbocycles. The van der Waals surface area contributed by atoms with Gasteiger partial charge in [-0.3, -0.25) is 4.55 Å². The van der Waals surface area contributed by atoms with Crippen LogP contribution in [0.2, 0.25) is 0 Å². The van der Waals surface area contributed by atoms with E-state index in [2.05, 4.69) is 0 Å². The Balaban J connectivity index is 0.00000216. The maximum atomic E-state index is 13.5. The monoisotopic (exact) mass is 990 g/mol. The number of allylic oxidation sites excluding steroid dienone is 6. The lowest BCUT2D eigenvalue weighted by atomic mass is 9.79. The summed E-state index contributed by atoms with van der Waals surface area (Å²) in [4.78, 5) is 40.7. The van der Waals surface area contributed by atoms with E-state index in [0.717, 1.165) is 0 Å². The third-order valence-corrected chi connectivity index (χ3v) is 11.3. The fraction of sp³-hybridized carbons (Fsp3) is 0.463. The van der Waals surface area contributed by atoms with Gasteiger partial charge in [-0.05, 0) is 57.4 Å². The number of carboxylic acids is 1. The number of anilines is 1. The van der Waals surface area contributed by atoms with E-state index in [1.165, 1.54) is 12.1 Å². The molecule has 65 heavy (non-hydrogen) atoms. The minimum Gasteiger partial charge on any atom is -0.748 e. The van der Waals surface area contributed by atoms with Crippen LogP contribution in [0.4, 0.5) is 11.4 Å². The molecule has 2 aromatic carbocycles. The molecule has 2 heterocycles. The second-order valence-corrected chi connectivity index (χ2v) is 19.0. The molecular formula is C41H54N2O18S4. The summed E-state index contributed by atoms with van der Waals surface area (Å²) in [6.07, 6.45) is 10.00. The van der Waals surface area contributed by atoms with Crippen LogP contribution in [0.1, 0.15) is 117 Å². The number of ether oxygens (including phenoxy) is 2. The van der Waals surface area contributed by atoms with Crippen LogP contribution in [-0.4, -0.2) is 122 Å². The zero-order chi connectivity index (χ0) is 48.8. The molecule has 2 aliphatic rings. The van der Waals surface area contributed by atoms with Crippen molar-refractivity contribution >= 4 is 76.4 Å². The Morgan fingerprint density at radius 2 is 1.37 bits per heavy atom. The Hall–Kier alpha value is -5.40. The first kappa shape index (κ1) is 57.6. The van der Waals surface area contributed by atoms with Crippen molar-refractivity contribution in [2.75, 3.05) is 42.7 Å². The number of benzene rings is 2. The number of nitrogens with zero attached hydrogens (tertiary/aromatic N) is 2. The molecule has 0 fully saturated rings. The molecule has 0 atom stereocenters. The van der Waals surface area contributed by atoms with E-state index >= 15 is 0 Å². The Morgan fingerprint density at radius 1 is 0.800 bits per heavy atom. The summed E-state index contributed by atoms with van der Waals surface area (Å²) in [5.74, 6) is -3.48. The quantitative estimate of drug-likeness (QED) is 0.0897. The SMILES string of the molecule is C.CCCOC(=O)c1cc(C(=O)OCCC)c2c(c1)N(CCCS(=O)(=O)[O-])C(=CC=CC=CC1=[N+](CCCS(=O)(=O)O)c3cccc(C(=O)O)c3C1(C)C)C2(C)C.O=S(=O)=O.O=S(=O)=O. The molecule has 20 nitrogen and oxygen atoms in total. The minimum absolute atomic E-state index is 0. The van der Waals surface area contributed by atoms with Crippen LogP contribution in [-0.2, 0) is 61.8 Å². The number of hydrogen-bond acceptors (Lipinski definition) is 17. The topological polar surface area (TPSA) is 310 Å². The van der Waals surface area contributed by atoms with E-state index in [9.17, 15) is 45.4 Å². The lowest BCUT2D eigenvalue weighted by molar-refractivity contribution is -0.437. The number of carbonyl (C=O) groups excluding carboxylic acids is 2. The van der Waals surface area contributed by atoms with Crippen LogP contribution in [0, 0.1) is 0 Å². The molecule has 0 spiro atoms. The predicted molar refractivity (Wildman–Crippen MR) is 237 cm³/mol. The van der Waals surface area contributed by atoms with Crippen molar-refractivity contribution in [2.24, 2.45) is 0 Å². The highest BCUT2D eigenvalue weighted by molar-refractivity contribution is 7.85. The van der Waals surface area contributed by atoms with E-state index in [1.807, 2.05) is 46.1 Å². The first-order valence-electron chi connectivity index (χ1n) is 19.4. The third kappa shape index (κ3) is 16.5. The van der Waals surface area contributed by atoms with Crippen molar-refractivity contribution in [3.05, 3.63) is 94.2 Å². The number of carbonyl (C=O) groups is 3. The average molecular weight is 991 g/mol. The van der Waals surface area contributed by atoms with Gasteiger partial charge in [0.15, 0.2) is 5.71 Å². The highest BCUT2D eigenvalue weighted by Crippen LogP contribution is 2.50. The standard InChI is InChI=1S/C40H50N2O12S2.CH4.2O3S/c1-7-21-53-37(45)27-25-29(38(46)54-22-8-2)35-31(26-27)42(20-14-24-56(50,51)52)33(40(35,5)6)18-11-9-10-17-32-39(3,4)34-28(36(43)44)15-12-16-30(34)41(32)19-13-23-55(47,48)49;;2*1-4(2)3/h9-12,15-18,25-26H,7-8,13-14,19-24H2,1-6H3,(H2-,43,44,47,48,49,50,51,52);1H4;;. The molecule has 0 amide bonds. The molecule has 24 heteroatoms. The van der Waals surface area contributed by atoms with E-state index < -0.39 is 81.7 Å². The fourth-order valence-electron chi connectivity index (χ4n) is 7.36. The molecule has 0 saturated heterocycles. The van der Waals surface area contributed by atoms with Crippen molar-refractivity contribution in [1.82, 2.24) is 0 Å². The van der Waals surface area contributed by atoms with Crippen molar-refractivity contribution in [3.8, 4) is 0 Å². The molecule has 0 radical (unpaired) electrons. The number of aromatic carboxylic acids is 1. The van der Waals surface area contributed by atoms with Gasteiger partial charge in [-0.15, -0.1) is 25.3 Å². The lowest BCUT2D eigenvalue weighted by Gasteiger charge is -2.27. The smallest absolute Gasteiger partial charge is 0.425 e. The Bertz CT molecular complexity index is 2640. The average Bonchev–Trinajstić information content (AvgIpc) is 3.52. The van der Waals surface area contributed by atoms with Crippen LogP contribution in [0.5, 0.6) is 0 Å². The van der Waals surface area contributed by atoms with Gasteiger partial charge in [-0.1, -0.05) is 59.4 Å². The number of rotatable bonds is 18. The van der Waals surface area contributed by atoms with E-state index in [0.29, 0.717) is 46.8 Å². The molecule has 0 bridgehead atoms. The van der Waals surface area contributed by atoms with Crippen molar-refractivity contribution < 1.29 is 84.7 Å². The van der Waals surface area contributed by atoms with Gasteiger partial charge in [0.05, 0.1) is 56.8 Å². The Labute approximate surface area is 382 Å². The van der Waals surface area contributed by atoms with E-state index in [1.54, 1.807) is 53.5 Å². The highest BCUT2D eigenvalue weighted by atomic mass is 32.2. The molecule has 4 rings (SSSR count). The van der Waals surface area contributed by atoms with Gasteiger partial charge in [0.1, 0.15) is 6.54 Å². The normalized spacial score (nSPS) is 15.3. The maximum Gasteiger partial charge on any atom is 0.425 e. The van der Waals surface area contributed by atoms with Crippen molar-refractivity contribution in [3.63, 3.8) is 0 Å².